The third-order valence-electron chi connectivity index (χ3n) is 2.26. The first-order valence-corrected chi connectivity index (χ1v) is 12.9. The Kier molecular flexibility index (Phi) is 23.9. The van der Waals surface area contributed by atoms with Crippen molar-refractivity contribution in [2.45, 2.75) is 25.9 Å². The quantitative estimate of drug-likeness (QED) is 0.388. The Hall–Kier alpha value is 0.300. The van der Waals surface area contributed by atoms with E-state index in [9.17, 15) is 0 Å². The van der Waals surface area contributed by atoms with E-state index in [2.05, 4.69) is 13.1 Å². The average molecular weight is 439 g/mol. The molecule has 0 amide bonds. The molecule has 0 unspecified atom stereocenters. The summed E-state index contributed by atoms with van der Waals surface area (Å²) in [5, 5.41) is 16.9. The zero-order valence-corrected chi connectivity index (χ0v) is 18.1. The summed E-state index contributed by atoms with van der Waals surface area (Å²) >= 11 is 1.74. The number of halogens is 2. The number of hydrogen-bond donors (Lipinski definition) is 2. The van der Waals surface area contributed by atoms with Crippen LogP contribution in [0.5, 0.6) is 0 Å². The molecule has 124 valence electrons. The van der Waals surface area contributed by atoms with Crippen LogP contribution < -0.4 is 24.8 Å². The Morgan fingerprint density at radius 3 is 1.41 bits per heavy atom. The second kappa shape index (κ2) is 19.3. The maximum atomic E-state index is 8.44. The van der Waals surface area contributed by atoms with Crippen LogP contribution in [0.2, 0.25) is 13.1 Å². The van der Waals surface area contributed by atoms with E-state index in [1.165, 1.54) is 11.1 Å². The van der Waals surface area contributed by atoms with Crippen LogP contribution in [-0.2, 0) is 36.2 Å². The van der Waals surface area contributed by atoms with E-state index in [1.54, 1.807) is 23.3 Å². The summed E-state index contributed by atoms with van der Waals surface area (Å²) in [6.07, 6.45) is 1.57. The molecule has 6 heteroatoms. The van der Waals surface area contributed by atoms with Crippen LogP contribution in [0.4, 0.5) is 0 Å². The van der Waals surface area contributed by atoms with Gasteiger partial charge in [-0.25, -0.2) is 24.3 Å². The largest absolute Gasteiger partial charge is 1.00 e. The first-order chi connectivity index (χ1) is 9.60. The summed E-state index contributed by atoms with van der Waals surface area (Å²) in [5.74, 6) is 0. The number of aliphatic hydroxyl groups excluding tert-OH is 2. The van der Waals surface area contributed by atoms with Crippen LogP contribution >= 0.6 is 0 Å². The van der Waals surface area contributed by atoms with Gasteiger partial charge in [0, 0.05) is 13.2 Å². The molecule has 0 radical (unpaired) electrons. The van der Waals surface area contributed by atoms with E-state index in [0.29, 0.717) is 0 Å². The van der Waals surface area contributed by atoms with Crippen molar-refractivity contribution in [1.29, 1.82) is 0 Å². The first kappa shape index (κ1) is 27.2. The topological polar surface area (TPSA) is 40.5 Å². The second-order valence-electron chi connectivity index (χ2n) is 4.53. The van der Waals surface area contributed by atoms with Gasteiger partial charge in [0.05, 0.1) is 0 Å². The van der Waals surface area contributed by atoms with Gasteiger partial charge in [0.1, 0.15) is 0 Å². The SMILES string of the molecule is C[Si](C)=[Zr+2].OCCc1ccc[cH-]1.OCCc1ccc[cH-]1.[Cl-].[Cl-]. The monoisotopic (exact) mass is 436 g/mol. The molecule has 2 N–H and O–H groups in total. The van der Waals surface area contributed by atoms with Gasteiger partial charge in [-0.15, -0.1) is 0 Å². The standard InChI is InChI=1S/2C7H9O.C2H6Si.2ClH.Zr/c2*8-6-5-7-3-1-2-4-7;1-3-2;;;/h2*1-4,8H,5-6H2;1-2H3;2*1H;/q2*-1;;;;+2/p-2. The first-order valence-electron chi connectivity index (χ1n) is 6.74. The van der Waals surface area contributed by atoms with Crippen molar-refractivity contribution in [2.75, 3.05) is 13.2 Å². The molecule has 2 rings (SSSR count). The Morgan fingerprint density at radius 1 is 0.909 bits per heavy atom. The summed E-state index contributed by atoms with van der Waals surface area (Å²) in [6, 6.07) is 15.9. The third-order valence-corrected chi connectivity index (χ3v) is 2.26. The second-order valence-corrected chi connectivity index (χ2v) is 13.9. The molecule has 0 saturated heterocycles. The van der Waals surface area contributed by atoms with Crippen molar-refractivity contribution in [3.63, 3.8) is 0 Å². The average Bonchev–Trinajstić information content (AvgIpc) is 3.03. The molecule has 0 aromatic heterocycles. The number of hydrogen-bond acceptors (Lipinski definition) is 2. The molecule has 2 aromatic carbocycles. The van der Waals surface area contributed by atoms with Crippen molar-refractivity contribution in [3.8, 4) is 0 Å². The molecule has 2 aromatic rings. The molecule has 0 atom stereocenters. The normalized spacial score (nSPS) is 8.27. The van der Waals surface area contributed by atoms with Gasteiger partial charge < -0.3 is 35.0 Å². The molecule has 0 fully saturated rings. The van der Waals surface area contributed by atoms with Gasteiger partial charge in [-0.05, 0) is 12.8 Å². The molecule has 0 bridgehead atoms. The number of rotatable bonds is 4. The fourth-order valence-corrected chi connectivity index (χ4v) is 1.42. The fraction of sp³-hybridized carbons (Fsp3) is 0.375. The van der Waals surface area contributed by atoms with E-state index in [4.69, 9.17) is 10.2 Å². The molecule has 0 spiro atoms. The molecular formula is C16H24Cl2O2SiZr-2. The minimum absolute atomic E-state index is 0. The van der Waals surface area contributed by atoms with Crippen molar-refractivity contribution in [3.05, 3.63) is 59.7 Å². The van der Waals surface area contributed by atoms with Crippen molar-refractivity contribution in [2.24, 2.45) is 0 Å². The Labute approximate surface area is 161 Å². The van der Waals surface area contributed by atoms with Crippen LogP contribution in [0.15, 0.2) is 48.5 Å². The van der Waals surface area contributed by atoms with E-state index in [-0.39, 0.29) is 43.5 Å². The van der Waals surface area contributed by atoms with Crippen LogP contribution in [0.25, 0.3) is 0 Å². The fourth-order valence-electron chi connectivity index (χ4n) is 1.42. The van der Waals surface area contributed by atoms with Gasteiger partial charge in [0.25, 0.3) is 0 Å². The van der Waals surface area contributed by atoms with Crippen molar-refractivity contribution in [1.82, 2.24) is 0 Å². The minimum Gasteiger partial charge on any atom is -1.00 e. The van der Waals surface area contributed by atoms with Gasteiger partial charge >= 0.3 is 41.9 Å². The Bertz CT molecular complexity index is 391. The van der Waals surface area contributed by atoms with E-state index in [0.717, 1.165) is 12.8 Å². The van der Waals surface area contributed by atoms with E-state index < -0.39 is 0 Å². The summed E-state index contributed by atoms with van der Waals surface area (Å²) in [4.78, 5) is 0. The molecule has 0 aliphatic heterocycles. The molecule has 0 aliphatic rings. The third kappa shape index (κ3) is 18.3. The Balaban J connectivity index is -0.000000249. The summed E-state index contributed by atoms with van der Waals surface area (Å²) in [6.45, 7) is 5.12. The van der Waals surface area contributed by atoms with Crippen LogP contribution in [-0.4, -0.2) is 28.9 Å². The van der Waals surface area contributed by atoms with Crippen LogP contribution in [0, 0.1) is 0 Å². The van der Waals surface area contributed by atoms with Gasteiger partial charge in [-0.3, -0.25) is 0 Å². The Morgan fingerprint density at radius 2 is 1.23 bits per heavy atom. The van der Waals surface area contributed by atoms with Crippen molar-refractivity contribution >= 4 is 5.43 Å². The zero-order chi connectivity index (χ0) is 15.2. The maximum absolute atomic E-state index is 8.44. The number of aliphatic hydroxyl groups is 2. The zero-order valence-electron chi connectivity index (χ0n) is 13.1. The van der Waals surface area contributed by atoms with Crippen LogP contribution in [0.3, 0.4) is 0 Å². The smallest absolute Gasteiger partial charge is 0.0451 e. The van der Waals surface area contributed by atoms with Gasteiger partial charge in [0.15, 0.2) is 0 Å². The predicted molar refractivity (Wildman–Crippen MR) is 83.1 cm³/mol. The predicted octanol–water partition coefficient (Wildman–Crippen LogP) is -3.33. The molecule has 0 aliphatic carbocycles. The molecule has 0 saturated carbocycles. The molecule has 22 heavy (non-hydrogen) atoms. The van der Waals surface area contributed by atoms with E-state index in [1.807, 2.05) is 48.5 Å². The maximum Gasteiger partial charge on any atom is 0.0451 e. The molecule has 0 heterocycles. The van der Waals surface area contributed by atoms with Gasteiger partial charge in [-0.1, -0.05) is 0 Å². The molecule has 2 nitrogen and oxygen atoms in total. The summed E-state index contributed by atoms with van der Waals surface area (Å²) in [7, 11) is 0. The van der Waals surface area contributed by atoms with E-state index >= 15 is 0 Å². The summed E-state index contributed by atoms with van der Waals surface area (Å²) < 4.78 is 0. The molecular weight excluding hydrogens is 414 g/mol. The van der Waals surface area contributed by atoms with Crippen molar-refractivity contribution < 1.29 is 58.4 Å². The summed E-state index contributed by atoms with van der Waals surface area (Å²) in [5.41, 5.74) is 2.64. The van der Waals surface area contributed by atoms with Crippen LogP contribution in [0.1, 0.15) is 11.1 Å². The minimum atomic E-state index is 0. The van der Waals surface area contributed by atoms with Gasteiger partial charge in [-0.2, -0.15) is 35.4 Å². The van der Waals surface area contributed by atoms with Gasteiger partial charge in [0.2, 0.25) is 0 Å².